The lowest BCUT2D eigenvalue weighted by Gasteiger charge is -2.02. The maximum atomic E-state index is 13.1. The van der Waals surface area contributed by atoms with Crippen molar-refractivity contribution in [2.24, 2.45) is 4.99 Å². The molecule has 0 amide bonds. The molecule has 0 fully saturated rings. The standard InChI is InChI=1S/C9H10FNS/c1-11-9(12-2)7-5-3-4-6-8(7)10/h3-6H,1-2H3. The summed E-state index contributed by atoms with van der Waals surface area (Å²) < 4.78 is 13.1. The maximum absolute atomic E-state index is 13.1. The van der Waals surface area contributed by atoms with Gasteiger partial charge in [-0.05, 0) is 18.4 Å². The highest BCUT2D eigenvalue weighted by atomic mass is 32.2. The third-order valence-electron chi connectivity index (χ3n) is 1.50. The summed E-state index contributed by atoms with van der Waals surface area (Å²) in [4.78, 5) is 3.98. The summed E-state index contributed by atoms with van der Waals surface area (Å²) in [6.45, 7) is 0. The van der Waals surface area contributed by atoms with Crippen LogP contribution in [0.5, 0.6) is 0 Å². The molecule has 1 rings (SSSR count). The van der Waals surface area contributed by atoms with Crippen molar-refractivity contribution in [2.75, 3.05) is 13.3 Å². The van der Waals surface area contributed by atoms with Crippen molar-refractivity contribution in [2.45, 2.75) is 0 Å². The van der Waals surface area contributed by atoms with Gasteiger partial charge in [-0.1, -0.05) is 12.1 Å². The number of rotatable bonds is 1. The first kappa shape index (κ1) is 9.26. The Balaban J connectivity index is 3.10. The number of halogens is 1. The average Bonchev–Trinajstić information content (AvgIpc) is 2.10. The van der Waals surface area contributed by atoms with Crippen molar-refractivity contribution in [3.8, 4) is 0 Å². The SMILES string of the molecule is CN=C(SC)c1ccccc1F. The third-order valence-corrected chi connectivity index (χ3v) is 2.29. The fourth-order valence-corrected chi connectivity index (χ4v) is 1.52. The molecule has 0 bridgehead atoms. The van der Waals surface area contributed by atoms with Gasteiger partial charge in [-0.25, -0.2) is 4.39 Å². The molecule has 0 aliphatic heterocycles. The van der Waals surface area contributed by atoms with Gasteiger partial charge in [0.2, 0.25) is 0 Å². The molecule has 64 valence electrons. The molecular weight excluding hydrogens is 173 g/mol. The number of benzene rings is 1. The second-order valence-electron chi connectivity index (χ2n) is 2.21. The largest absolute Gasteiger partial charge is 0.281 e. The van der Waals surface area contributed by atoms with E-state index in [4.69, 9.17) is 0 Å². The molecule has 0 aromatic heterocycles. The Kier molecular flexibility index (Phi) is 3.29. The molecule has 0 saturated carbocycles. The Morgan fingerprint density at radius 3 is 2.58 bits per heavy atom. The Morgan fingerprint density at radius 1 is 1.42 bits per heavy atom. The molecule has 1 aromatic carbocycles. The van der Waals surface area contributed by atoms with Crippen molar-refractivity contribution in [1.29, 1.82) is 0 Å². The van der Waals surface area contributed by atoms with Gasteiger partial charge in [0, 0.05) is 12.6 Å². The molecule has 12 heavy (non-hydrogen) atoms. The van der Waals surface area contributed by atoms with Crippen LogP contribution in [-0.4, -0.2) is 18.3 Å². The molecule has 3 heteroatoms. The minimum Gasteiger partial charge on any atom is -0.281 e. The van der Waals surface area contributed by atoms with E-state index in [1.54, 1.807) is 25.2 Å². The number of nitrogens with zero attached hydrogens (tertiary/aromatic N) is 1. The summed E-state index contributed by atoms with van der Waals surface area (Å²) in [5.41, 5.74) is 0.576. The monoisotopic (exact) mass is 183 g/mol. The first-order valence-electron chi connectivity index (χ1n) is 3.55. The summed E-state index contributed by atoms with van der Waals surface area (Å²) in [6.07, 6.45) is 1.88. The zero-order valence-corrected chi connectivity index (χ0v) is 7.86. The molecule has 0 heterocycles. The number of aliphatic imine (C=N–C) groups is 1. The van der Waals surface area contributed by atoms with Crippen LogP contribution in [0.1, 0.15) is 5.56 Å². The lowest BCUT2D eigenvalue weighted by Crippen LogP contribution is -1.97. The average molecular weight is 183 g/mol. The van der Waals surface area contributed by atoms with Crippen molar-refractivity contribution in [1.82, 2.24) is 0 Å². The van der Waals surface area contributed by atoms with Gasteiger partial charge in [0.1, 0.15) is 5.82 Å². The number of hydrogen-bond acceptors (Lipinski definition) is 2. The summed E-state index contributed by atoms with van der Waals surface area (Å²) in [6, 6.07) is 6.65. The molecule has 0 aliphatic carbocycles. The number of thioether (sulfide) groups is 1. The van der Waals surface area contributed by atoms with Crippen molar-refractivity contribution in [3.05, 3.63) is 35.6 Å². The lowest BCUT2D eigenvalue weighted by molar-refractivity contribution is 0.626. The van der Waals surface area contributed by atoms with Crippen molar-refractivity contribution >= 4 is 16.8 Å². The summed E-state index contributed by atoms with van der Waals surface area (Å²) in [7, 11) is 1.66. The van der Waals surface area contributed by atoms with Gasteiger partial charge in [-0.15, -0.1) is 11.8 Å². The minimum absolute atomic E-state index is 0.215. The van der Waals surface area contributed by atoms with E-state index in [2.05, 4.69) is 4.99 Å². The first-order valence-corrected chi connectivity index (χ1v) is 4.77. The summed E-state index contributed by atoms with van der Waals surface area (Å²) >= 11 is 1.45. The van der Waals surface area contributed by atoms with Gasteiger partial charge in [-0.2, -0.15) is 0 Å². The highest BCUT2D eigenvalue weighted by Gasteiger charge is 2.05. The molecule has 0 saturated heterocycles. The molecule has 0 spiro atoms. The molecular formula is C9H10FNS. The second-order valence-corrected chi connectivity index (χ2v) is 3.01. The topological polar surface area (TPSA) is 12.4 Å². The fourth-order valence-electron chi connectivity index (χ4n) is 0.956. The zero-order valence-electron chi connectivity index (χ0n) is 7.04. The van der Waals surface area contributed by atoms with Gasteiger partial charge < -0.3 is 0 Å². The Bertz CT molecular complexity index is 296. The third kappa shape index (κ3) is 1.85. The Morgan fingerprint density at radius 2 is 2.08 bits per heavy atom. The predicted molar refractivity (Wildman–Crippen MR) is 52.4 cm³/mol. The summed E-state index contributed by atoms with van der Waals surface area (Å²) in [5, 5.41) is 0.730. The lowest BCUT2D eigenvalue weighted by atomic mass is 10.2. The van der Waals surface area contributed by atoms with Crippen LogP contribution >= 0.6 is 11.8 Å². The molecule has 0 aliphatic rings. The zero-order chi connectivity index (χ0) is 8.97. The van der Waals surface area contributed by atoms with E-state index >= 15 is 0 Å². The Hall–Kier alpha value is -0.830. The van der Waals surface area contributed by atoms with Crippen molar-refractivity contribution < 1.29 is 4.39 Å². The van der Waals surface area contributed by atoms with E-state index in [0.717, 1.165) is 5.04 Å². The first-order chi connectivity index (χ1) is 5.79. The van der Waals surface area contributed by atoms with E-state index in [1.807, 2.05) is 6.26 Å². The highest BCUT2D eigenvalue weighted by Crippen LogP contribution is 2.13. The highest BCUT2D eigenvalue weighted by molar-refractivity contribution is 8.13. The van der Waals surface area contributed by atoms with Crippen LogP contribution in [0.25, 0.3) is 0 Å². The smallest absolute Gasteiger partial charge is 0.133 e. The quantitative estimate of drug-likeness (QED) is 0.481. The van der Waals surface area contributed by atoms with Crippen LogP contribution in [0.15, 0.2) is 29.3 Å². The maximum Gasteiger partial charge on any atom is 0.133 e. The van der Waals surface area contributed by atoms with Crippen LogP contribution < -0.4 is 0 Å². The predicted octanol–water partition coefficient (Wildman–Crippen LogP) is 2.57. The normalized spacial score (nSPS) is 11.8. The van der Waals surface area contributed by atoms with Crippen molar-refractivity contribution in [3.63, 3.8) is 0 Å². The van der Waals surface area contributed by atoms with Crippen LogP contribution in [0.3, 0.4) is 0 Å². The molecule has 0 atom stereocenters. The summed E-state index contributed by atoms with van der Waals surface area (Å²) in [5.74, 6) is -0.215. The van der Waals surface area contributed by atoms with Gasteiger partial charge >= 0.3 is 0 Å². The minimum atomic E-state index is -0.215. The van der Waals surface area contributed by atoms with Gasteiger partial charge in [0.05, 0.1) is 5.04 Å². The van der Waals surface area contributed by atoms with Gasteiger partial charge in [0.15, 0.2) is 0 Å². The molecule has 0 unspecified atom stereocenters. The van der Waals surface area contributed by atoms with E-state index in [-0.39, 0.29) is 5.82 Å². The molecule has 1 nitrogen and oxygen atoms in total. The van der Waals surface area contributed by atoms with Crippen LogP contribution in [0, 0.1) is 5.82 Å². The molecule has 0 radical (unpaired) electrons. The van der Waals surface area contributed by atoms with Crippen LogP contribution in [-0.2, 0) is 0 Å². The Labute approximate surface area is 75.7 Å². The van der Waals surface area contributed by atoms with E-state index < -0.39 is 0 Å². The van der Waals surface area contributed by atoms with Crippen LogP contribution in [0.4, 0.5) is 4.39 Å². The van der Waals surface area contributed by atoms with E-state index in [9.17, 15) is 4.39 Å². The fraction of sp³-hybridized carbons (Fsp3) is 0.222. The molecule has 1 aromatic rings. The van der Waals surface area contributed by atoms with Gasteiger partial charge in [0.25, 0.3) is 0 Å². The molecule has 0 N–H and O–H groups in total. The second kappa shape index (κ2) is 4.26. The number of hydrogen-bond donors (Lipinski definition) is 0. The van der Waals surface area contributed by atoms with E-state index in [0.29, 0.717) is 5.56 Å². The van der Waals surface area contributed by atoms with Gasteiger partial charge in [-0.3, -0.25) is 4.99 Å². The van der Waals surface area contributed by atoms with Crippen LogP contribution in [0.2, 0.25) is 0 Å². The van der Waals surface area contributed by atoms with E-state index in [1.165, 1.54) is 17.8 Å².